The van der Waals surface area contributed by atoms with E-state index in [0.717, 1.165) is 102 Å². The third kappa shape index (κ3) is 17.8. The van der Waals surface area contributed by atoms with Crippen molar-refractivity contribution < 1.29 is 45.5 Å². The van der Waals surface area contributed by atoms with Crippen molar-refractivity contribution in [2.45, 2.75) is 63.0 Å². The van der Waals surface area contributed by atoms with Gasteiger partial charge in [-0.05, 0) is 108 Å². The second kappa shape index (κ2) is 27.6. The van der Waals surface area contributed by atoms with Crippen LogP contribution in [0.2, 0.25) is 0 Å². The molecule has 0 aromatic carbocycles. The van der Waals surface area contributed by atoms with E-state index in [2.05, 4.69) is 103 Å². The first kappa shape index (κ1) is 58.7. The SMILES string of the molecule is O=C(Cc1ccccn1)Nc1ccc(C2CCN(c3nnc(C(=O)NCc4cc(C(F)(F)F)ccn4)s3)C2)nn1.O=C(Cc1ccccn1)Nc1ccc(C2CCNC2)nn1.O=C(NCc1cc(C(F)(F)F)ccn1)c1nnc(Br)s1. The zero-order chi connectivity index (χ0) is 57.4. The van der Waals surface area contributed by atoms with Gasteiger partial charge in [0.25, 0.3) is 11.8 Å². The monoisotopic (exact) mass is 1220 g/mol. The van der Waals surface area contributed by atoms with Crippen molar-refractivity contribution in [3.63, 3.8) is 0 Å². The van der Waals surface area contributed by atoms with E-state index >= 15 is 0 Å². The maximum Gasteiger partial charge on any atom is 0.416 e. The normalized spacial score (nSPS) is 14.9. The molecule has 0 aliphatic carbocycles. The first-order chi connectivity index (χ1) is 38.9. The minimum absolute atomic E-state index is 0.0685. The number of nitrogens with one attached hydrogen (secondary N) is 5. The molecule has 0 bridgehead atoms. The van der Waals surface area contributed by atoms with Crippen LogP contribution in [0.15, 0.2) is 114 Å². The molecule has 5 N–H and O–H groups in total. The minimum atomic E-state index is -4.49. The number of hydrogen-bond donors (Lipinski definition) is 5. The van der Waals surface area contributed by atoms with Crippen LogP contribution in [0.1, 0.15) is 89.6 Å². The van der Waals surface area contributed by atoms with Gasteiger partial charge in [0.05, 0.1) is 59.8 Å². The van der Waals surface area contributed by atoms with E-state index in [0.29, 0.717) is 45.4 Å². The Bertz CT molecular complexity index is 3380. The van der Waals surface area contributed by atoms with Gasteiger partial charge in [-0.2, -0.15) is 36.5 Å². The number of aromatic nitrogens is 12. The van der Waals surface area contributed by atoms with Crippen LogP contribution >= 0.6 is 38.6 Å². The highest BCUT2D eigenvalue weighted by molar-refractivity contribution is 9.11. The summed E-state index contributed by atoms with van der Waals surface area (Å²) < 4.78 is 76.6. The lowest BCUT2D eigenvalue weighted by atomic mass is 10.1. The van der Waals surface area contributed by atoms with E-state index in [9.17, 15) is 45.5 Å². The number of hydrogen-bond acceptors (Lipinski definition) is 20. The molecule has 22 nitrogen and oxygen atoms in total. The van der Waals surface area contributed by atoms with Crippen LogP contribution in [0, 0.1) is 0 Å². The topological polar surface area (TPSA) is 286 Å². The summed E-state index contributed by atoms with van der Waals surface area (Å²) in [6, 6.07) is 21.6. The average molecular weight is 1220 g/mol. The van der Waals surface area contributed by atoms with Crippen molar-refractivity contribution in [3.8, 4) is 0 Å². The largest absolute Gasteiger partial charge is 0.416 e. The molecule has 2 fully saturated rings. The molecule has 2 unspecified atom stereocenters. The molecule has 10 heterocycles. The van der Waals surface area contributed by atoms with Crippen molar-refractivity contribution in [2.75, 3.05) is 41.7 Å². The number of carbonyl (C=O) groups is 4. The molecule has 81 heavy (non-hydrogen) atoms. The van der Waals surface area contributed by atoms with Crippen molar-refractivity contribution in [3.05, 3.63) is 169 Å². The molecule has 420 valence electrons. The van der Waals surface area contributed by atoms with Crippen molar-refractivity contribution >= 4 is 79.0 Å². The fraction of sp³-hybridized carbons (Fsp3) is 0.280. The van der Waals surface area contributed by atoms with Gasteiger partial charge in [0, 0.05) is 67.6 Å². The average Bonchev–Trinajstić information content (AvgIpc) is 4.35. The quantitative estimate of drug-likeness (QED) is 0.0645. The molecule has 8 aromatic rings. The van der Waals surface area contributed by atoms with Crippen molar-refractivity contribution in [1.29, 1.82) is 0 Å². The van der Waals surface area contributed by atoms with E-state index in [1.165, 1.54) is 0 Å². The number of anilines is 3. The van der Waals surface area contributed by atoms with Gasteiger partial charge in [0.15, 0.2) is 15.6 Å². The summed E-state index contributed by atoms with van der Waals surface area (Å²) in [6.07, 6.45) is -1.31. The molecule has 0 spiro atoms. The minimum Gasteiger partial charge on any atom is -0.346 e. The summed E-state index contributed by atoms with van der Waals surface area (Å²) >= 11 is 5.17. The zero-order valence-corrected chi connectivity index (χ0v) is 45.2. The van der Waals surface area contributed by atoms with Gasteiger partial charge in [0.1, 0.15) is 0 Å². The molecule has 0 radical (unpaired) electrons. The summed E-state index contributed by atoms with van der Waals surface area (Å²) in [5.74, 6) is -0.133. The molecule has 10 rings (SSSR count). The number of amides is 4. The Hall–Kier alpha value is -8.42. The predicted molar refractivity (Wildman–Crippen MR) is 285 cm³/mol. The second-order valence-electron chi connectivity index (χ2n) is 17.6. The van der Waals surface area contributed by atoms with Gasteiger partial charge in [-0.1, -0.05) is 34.8 Å². The van der Waals surface area contributed by atoms with Gasteiger partial charge in [0.2, 0.25) is 27.0 Å². The molecule has 2 aliphatic heterocycles. The summed E-state index contributed by atoms with van der Waals surface area (Å²) in [5, 5.41) is 46.4. The summed E-state index contributed by atoms with van der Waals surface area (Å²) in [6.45, 7) is 2.92. The highest BCUT2D eigenvalue weighted by Crippen LogP contribution is 2.33. The first-order valence-corrected chi connectivity index (χ1v) is 26.8. The fourth-order valence-electron chi connectivity index (χ4n) is 7.77. The second-order valence-corrected chi connectivity index (χ2v) is 20.8. The highest BCUT2D eigenvalue weighted by atomic mass is 79.9. The Morgan fingerprint density at radius 3 is 1.56 bits per heavy atom. The number of pyridine rings is 4. The van der Waals surface area contributed by atoms with Gasteiger partial charge in [-0.3, -0.25) is 39.1 Å². The van der Waals surface area contributed by atoms with Crippen molar-refractivity contribution in [1.82, 2.24) is 76.7 Å². The van der Waals surface area contributed by atoms with E-state index in [1.807, 2.05) is 41.3 Å². The Morgan fingerprint density at radius 1 is 0.580 bits per heavy atom. The molecule has 2 aliphatic rings. The Kier molecular flexibility index (Phi) is 20.0. The third-order valence-electron chi connectivity index (χ3n) is 11.7. The Morgan fingerprint density at radius 2 is 1.10 bits per heavy atom. The zero-order valence-electron chi connectivity index (χ0n) is 42.0. The predicted octanol–water partition coefficient (Wildman–Crippen LogP) is 7.02. The van der Waals surface area contributed by atoms with Gasteiger partial charge < -0.3 is 31.5 Å². The van der Waals surface area contributed by atoms with Crippen LogP contribution in [0.4, 0.5) is 43.1 Å². The third-order valence-corrected chi connectivity index (χ3v) is 14.1. The van der Waals surface area contributed by atoms with Crippen LogP contribution in [-0.2, 0) is 47.9 Å². The highest BCUT2D eigenvalue weighted by Gasteiger charge is 2.32. The molecular formula is C50H45BrF6N18O4S2. The summed E-state index contributed by atoms with van der Waals surface area (Å²) in [5.41, 5.74) is 1.67. The van der Waals surface area contributed by atoms with Crippen molar-refractivity contribution in [2.24, 2.45) is 0 Å². The summed E-state index contributed by atoms with van der Waals surface area (Å²) in [4.78, 5) is 66.1. The maximum absolute atomic E-state index is 12.9. The molecule has 4 amide bonds. The molecular weight excluding hydrogens is 1170 g/mol. The number of halogens is 7. The first-order valence-electron chi connectivity index (χ1n) is 24.4. The van der Waals surface area contributed by atoms with Gasteiger partial charge in [-0.15, -0.1) is 30.6 Å². The standard InChI is InChI=1S/C25H22F3N9O2S.C15H17N5O.C10H6BrF3N4OS/c26-25(27,28)16-6-9-30-18(11-16)13-31-22(39)23-35-36-24(40-23)37-10-7-15(14-37)19-4-5-20(34-33-19)32-21(38)12-17-3-1-2-8-29-17;21-15(9-12-3-1-2-7-17-12)18-14-5-4-13(19-20-14)11-6-8-16-10-11;11-9-18-17-8(20-9)7(19)16-4-6-3-5(1-2-15-6)10(12,13)14/h1-6,8-9,11,15H,7,10,12-14H2,(H,31,39)(H,32,34,38);1-5,7,11,16H,6,8-10H2,(H,18,20,21);1-3H,4H2,(H,16,19). The molecule has 31 heteroatoms. The van der Waals surface area contributed by atoms with E-state index < -0.39 is 35.3 Å². The van der Waals surface area contributed by atoms with Crippen LogP contribution in [0.5, 0.6) is 0 Å². The molecule has 8 aromatic heterocycles. The van der Waals surface area contributed by atoms with Crippen LogP contribution in [-0.4, -0.2) is 111 Å². The lowest BCUT2D eigenvalue weighted by Crippen LogP contribution is -2.23. The lowest BCUT2D eigenvalue weighted by Gasteiger charge is -2.14. The molecule has 2 saturated heterocycles. The van der Waals surface area contributed by atoms with Crippen LogP contribution < -0.4 is 31.5 Å². The molecule has 0 saturated carbocycles. The number of alkyl halides is 6. The van der Waals surface area contributed by atoms with Crippen LogP contribution in [0.3, 0.4) is 0 Å². The van der Waals surface area contributed by atoms with Crippen LogP contribution in [0.25, 0.3) is 0 Å². The Balaban J connectivity index is 0.000000176. The lowest BCUT2D eigenvalue weighted by molar-refractivity contribution is -0.138. The maximum atomic E-state index is 12.9. The number of carbonyl (C=O) groups excluding carboxylic acids is 4. The fourth-order valence-corrected chi connectivity index (χ4v) is 9.60. The van der Waals surface area contributed by atoms with Gasteiger partial charge >= 0.3 is 12.4 Å². The van der Waals surface area contributed by atoms with E-state index in [4.69, 9.17) is 0 Å². The van der Waals surface area contributed by atoms with E-state index in [1.54, 1.807) is 36.7 Å². The Labute approximate surface area is 472 Å². The summed E-state index contributed by atoms with van der Waals surface area (Å²) in [7, 11) is 0. The van der Waals surface area contributed by atoms with E-state index in [-0.39, 0.29) is 65.1 Å². The van der Waals surface area contributed by atoms with Gasteiger partial charge in [-0.25, -0.2) is 0 Å². The smallest absolute Gasteiger partial charge is 0.346 e. The number of nitrogens with zero attached hydrogens (tertiary/aromatic N) is 13. The number of rotatable bonds is 15. The molecule has 2 atom stereocenters.